The van der Waals surface area contributed by atoms with Crippen LogP contribution in [0.3, 0.4) is 0 Å². The molecule has 1 heterocycles. The van der Waals surface area contributed by atoms with E-state index in [2.05, 4.69) is 10.6 Å². The smallest absolute Gasteiger partial charge is 0.310 e. The van der Waals surface area contributed by atoms with Crippen LogP contribution in [0.4, 0.5) is 11.4 Å². The second-order valence-corrected chi connectivity index (χ2v) is 8.33. The zero-order chi connectivity index (χ0) is 20.1. The fourth-order valence-corrected chi connectivity index (χ4v) is 5.27. The van der Waals surface area contributed by atoms with E-state index in [1.54, 1.807) is 48.5 Å². The van der Waals surface area contributed by atoms with Gasteiger partial charge in [0.1, 0.15) is 6.10 Å². The molecule has 2 aromatic rings. The predicted octanol–water partition coefficient (Wildman–Crippen LogP) is 3.73. The molecular weight excluding hydrogens is 392 g/mol. The standard InChI is InChI=1S/C22H19ClN2O4/c23-15-6-1-2-7-16(15)25-20(26)11-4-3-5-13(8-11)24-21(27)18-12-9-14-17(10-12)29-22(28)19(14)18/h1-8,12,14,17-19H,9-10H2,(H,24,27)(H,25,26)/t12-,14-,17-,18-,19-/m1/s1. The van der Waals surface area contributed by atoms with Crippen LogP contribution in [0.5, 0.6) is 0 Å². The summed E-state index contributed by atoms with van der Waals surface area (Å²) in [6.45, 7) is 0. The molecule has 0 radical (unpaired) electrons. The van der Waals surface area contributed by atoms with Crippen molar-refractivity contribution in [3.8, 4) is 0 Å². The number of halogens is 1. The molecule has 0 aromatic heterocycles. The molecule has 2 aliphatic carbocycles. The van der Waals surface area contributed by atoms with Crippen molar-refractivity contribution < 1.29 is 19.1 Å². The second-order valence-electron chi connectivity index (χ2n) is 7.93. The molecule has 2 saturated carbocycles. The highest BCUT2D eigenvalue weighted by atomic mass is 35.5. The SMILES string of the molecule is O=C(Nc1ccccc1Cl)c1cccc(NC(=O)[C@@H]2[C@@H]3C[C@H]4[C@H]2C(=O)O[C@@H]4C3)c1. The minimum Gasteiger partial charge on any atom is -0.462 e. The summed E-state index contributed by atoms with van der Waals surface area (Å²) in [6, 6.07) is 13.7. The number of ether oxygens (including phenoxy) is 1. The number of esters is 1. The number of rotatable bonds is 4. The Morgan fingerprint density at radius 3 is 2.69 bits per heavy atom. The molecule has 7 heteroatoms. The first-order valence-corrected chi connectivity index (χ1v) is 10.1. The van der Waals surface area contributed by atoms with E-state index in [1.165, 1.54) is 0 Å². The maximum absolute atomic E-state index is 12.9. The van der Waals surface area contributed by atoms with Gasteiger partial charge in [-0.3, -0.25) is 14.4 Å². The van der Waals surface area contributed by atoms with Gasteiger partial charge in [0, 0.05) is 17.2 Å². The summed E-state index contributed by atoms with van der Waals surface area (Å²) in [6.07, 6.45) is 1.64. The Labute approximate surface area is 172 Å². The molecule has 6 nitrogen and oxygen atoms in total. The van der Waals surface area contributed by atoms with E-state index in [1.807, 2.05) is 0 Å². The van der Waals surface area contributed by atoms with Gasteiger partial charge in [0.2, 0.25) is 5.91 Å². The first kappa shape index (κ1) is 18.2. The Bertz CT molecular complexity index is 1020. The Morgan fingerprint density at radius 2 is 1.86 bits per heavy atom. The van der Waals surface area contributed by atoms with Gasteiger partial charge >= 0.3 is 5.97 Å². The van der Waals surface area contributed by atoms with Gasteiger partial charge in [-0.15, -0.1) is 0 Å². The summed E-state index contributed by atoms with van der Waals surface area (Å²) in [5.41, 5.74) is 1.44. The average molecular weight is 411 g/mol. The van der Waals surface area contributed by atoms with Gasteiger partial charge in [-0.25, -0.2) is 0 Å². The molecule has 2 aromatic carbocycles. The molecule has 148 valence electrons. The van der Waals surface area contributed by atoms with Crippen molar-refractivity contribution in [1.82, 2.24) is 0 Å². The van der Waals surface area contributed by atoms with Crippen molar-refractivity contribution in [1.29, 1.82) is 0 Å². The highest BCUT2D eigenvalue weighted by Gasteiger charge is 2.63. The lowest BCUT2D eigenvalue weighted by atomic mass is 9.79. The van der Waals surface area contributed by atoms with Crippen molar-refractivity contribution in [2.45, 2.75) is 18.9 Å². The van der Waals surface area contributed by atoms with E-state index in [0.29, 0.717) is 22.0 Å². The molecular formula is C22H19ClN2O4. The van der Waals surface area contributed by atoms with Gasteiger partial charge in [0.05, 0.1) is 22.5 Å². The third-order valence-electron chi connectivity index (χ3n) is 6.30. The molecule has 2 amide bonds. The zero-order valence-corrected chi connectivity index (χ0v) is 16.2. The van der Waals surface area contributed by atoms with Gasteiger partial charge < -0.3 is 15.4 Å². The van der Waals surface area contributed by atoms with E-state index in [4.69, 9.17) is 16.3 Å². The van der Waals surface area contributed by atoms with Gasteiger partial charge in [-0.2, -0.15) is 0 Å². The maximum atomic E-state index is 12.9. The molecule has 0 spiro atoms. The van der Waals surface area contributed by atoms with Gasteiger partial charge in [-0.1, -0.05) is 29.8 Å². The fourth-order valence-electron chi connectivity index (χ4n) is 5.08. The van der Waals surface area contributed by atoms with E-state index in [-0.39, 0.29) is 47.6 Å². The lowest BCUT2D eigenvalue weighted by Gasteiger charge is -2.23. The normalized spacial score (nSPS) is 28.9. The fraction of sp³-hybridized carbons (Fsp3) is 0.318. The number of benzene rings is 2. The summed E-state index contributed by atoms with van der Waals surface area (Å²) < 4.78 is 5.40. The number of para-hydroxylation sites is 1. The zero-order valence-electron chi connectivity index (χ0n) is 15.4. The van der Waals surface area contributed by atoms with Gasteiger partial charge in [0.25, 0.3) is 5.91 Å². The molecule has 0 unspecified atom stereocenters. The number of nitrogens with one attached hydrogen (secondary N) is 2. The molecule has 29 heavy (non-hydrogen) atoms. The molecule has 2 bridgehead atoms. The van der Waals surface area contributed by atoms with Crippen LogP contribution in [-0.2, 0) is 14.3 Å². The number of carbonyl (C=O) groups is 3. The third-order valence-corrected chi connectivity index (χ3v) is 6.63. The average Bonchev–Trinajstić information content (AvgIpc) is 3.32. The third kappa shape index (κ3) is 3.08. The van der Waals surface area contributed by atoms with Crippen molar-refractivity contribution in [2.24, 2.45) is 23.7 Å². The van der Waals surface area contributed by atoms with Crippen LogP contribution >= 0.6 is 11.6 Å². The molecule has 3 aliphatic rings. The van der Waals surface area contributed by atoms with Crippen molar-refractivity contribution in [3.05, 3.63) is 59.1 Å². The summed E-state index contributed by atoms with van der Waals surface area (Å²) in [5, 5.41) is 6.10. The van der Waals surface area contributed by atoms with Gasteiger partial charge in [0.15, 0.2) is 0 Å². The largest absolute Gasteiger partial charge is 0.462 e. The van der Waals surface area contributed by atoms with E-state index >= 15 is 0 Å². The highest BCUT2D eigenvalue weighted by Crippen LogP contribution is 2.57. The highest BCUT2D eigenvalue weighted by molar-refractivity contribution is 6.33. The van der Waals surface area contributed by atoms with E-state index < -0.39 is 0 Å². The Morgan fingerprint density at radius 1 is 1.03 bits per heavy atom. The lowest BCUT2D eigenvalue weighted by molar-refractivity contribution is -0.145. The quantitative estimate of drug-likeness (QED) is 0.752. The first-order valence-electron chi connectivity index (χ1n) is 9.68. The summed E-state index contributed by atoms with van der Waals surface area (Å²) >= 11 is 6.09. The summed E-state index contributed by atoms with van der Waals surface area (Å²) in [4.78, 5) is 37.6. The predicted molar refractivity (Wildman–Crippen MR) is 108 cm³/mol. The lowest BCUT2D eigenvalue weighted by Crippen LogP contribution is -2.35. The van der Waals surface area contributed by atoms with Crippen LogP contribution in [0.15, 0.2) is 48.5 Å². The Balaban J connectivity index is 1.30. The summed E-state index contributed by atoms with van der Waals surface area (Å²) in [5.74, 6) is -1.06. The monoisotopic (exact) mass is 410 g/mol. The topological polar surface area (TPSA) is 84.5 Å². The number of anilines is 2. The number of hydrogen-bond donors (Lipinski definition) is 2. The van der Waals surface area contributed by atoms with Crippen LogP contribution < -0.4 is 10.6 Å². The molecule has 1 saturated heterocycles. The molecule has 5 atom stereocenters. The number of amides is 2. The second kappa shape index (κ2) is 6.88. The van der Waals surface area contributed by atoms with Crippen LogP contribution in [0.25, 0.3) is 0 Å². The molecule has 2 N–H and O–H groups in total. The number of fused-ring (bicyclic) bond motifs is 1. The van der Waals surface area contributed by atoms with Crippen molar-refractivity contribution in [3.63, 3.8) is 0 Å². The molecule has 1 aliphatic heterocycles. The first-order chi connectivity index (χ1) is 14.0. The molecule has 3 fully saturated rings. The van der Waals surface area contributed by atoms with Crippen molar-refractivity contribution in [2.75, 3.05) is 10.6 Å². The Kier molecular flexibility index (Phi) is 4.32. The summed E-state index contributed by atoms with van der Waals surface area (Å²) in [7, 11) is 0. The van der Waals surface area contributed by atoms with Crippen LogP contribution in [0.1, 0.15) is 23.2 Å². The number of hydrogen-bond acceptors (Lipinski definition) is 4. The van der Waals surface area contributed by atoms with Crippen LogP contribution in [0.2, 0.25) is 5.02 Å². The molecule has 5 rings (SSSR count). The van der Waals surface area contributed by atoms with Crippen LogP contribution in [-0.4, -0.2) is 23.9 Å². The van der Waals surface area contributed by atoms with Gasteiger partial charge in [-0.05, 0) is 49.1 Å². The maximum Gasteiger partial charge on any atom is 0.310 e. The minimum atomic E-state index is -0.355. The minimum absolute atomic E-state index is 0.00150. The van der Waals surface area contributed by atoms with Crippen LogP contribution in [0, 0.1) is 23.7 Å². The van der Waals surface area contributed by atoms with Crippen molar-refractivity contribution >= 4 is 40.8 Å². The number of carbonyl (C=O) groups excluding carboxylic acids is 3. The van der Waals surface area contributed by atoms with E-state index in [9.17, 15) is 14.4 Å². The Hall–Kier alpha value is -2.86. The van der Waals surface area contributed by atoms with E-state index in [0.717, 1.165) is 12.8 Å².